The highest BCUT2D eigenvalue weighted by Crippen LogP contribution is 2.25. The molecule has 5 nitrogen and oxygen atoms in total. The van der Waals surface area contributed by atoms with Gasteiger partial charge in [0.15, 0.2) is 0 Å². The molecule has 28 heavy (non-hydrogen) atoms. The zero-order valence-corrected chi connectivity index (χ0v) is 17.1. The van der Waals surface area contributed by atoms with E-state index in [0.29, 0.717) is 24.4 Å². The fourth-order valence-electron chi connectivity index (χ4n) is 3.40. The fraction of sp³-hybridized carbons (Fsp3) is 0.350. The summed E-state index contributed by atoms with van der Waals surface area (Å²) in [6, 6.07) is 12.2. The fourth-order valence-corrected chi connectivity index (χ4v) is 5.08. The predicted molar refractivity (Wildman–Crippen MR) is 106 cm³/mol. The molecule has 0 N–H and O–H groups in total. The largest absolute Gasteiger partial charge is 0.341 e. The number of rotatable bonds is 5. The van der Waals surface area contributed by atoms with E-state index in [1.165, 1.54) is 16.4 Å². The Hall–Kier alpha value is -1.96. The van der Waals surface area contributed by atoms with Crippen LogP contribution in [0.2, 0.25) is 5.02 Å². The summed E-state index contributed by atoms with van der Waals surface area (Å²) in [5.74, 6) is -0.700. The van der Waals surface area contributed by atoms with Crippen LogP contribution >= 0.6 is 11.6 Å². The van der Waals surface area contributed by atoms with Gasteiger partial charge in [-0.15, -0.1) is 0 Å². The van der Waals surface area contributed by atoms with Gasteiger partial charge in [-0.2, -0.15) is 4.31 Å². The van der Waals surface area contributed by atoms with Crippen molar-refractivity contribution in [3.05, 3.63) is 64.9 Å². The van der Waals surface area contributed by atoms with Crippen LogP contribution in [0.1, 0.15) is 18.4 Å². The van der Waals surface area contributed by atoms with Crippen LogP contribution in [-0.4, -0.2) is 43.7 Å². The molecule has 2 aromatic carbocycles. The third kappa shape index (κ3) is 4.71. The molecule has 0 unspecified atom stereocenters. The average Bonchev–Trinajstić information content (AvgIpc) is 2.68. The minimum Gasteiger partial charge on any atom is -0.341 e. The lowest BCUT2D eigenvalue weighted by Crippen LogP contribution is -2.43. The van der Waals surface area contributed by atoms with E-state index in [1.54, 1.807) is 18.0 Å². The topological polar surface area (TPSA) is 57.7 Å². The van der Waals surface area contributed by atoms with Gasteiger partial charge >= 0.3 is 0 Å². The van der Waals surface area contributed by atoms with Gasteiger partial charge in [-0.3, -0.25) is 4.79 Å². The Kier molecular flexibility index (Phi) is 6.37. The van der Waals surface area contributed by atoms with Crippen LogP contribution in [0.4, 0.5) is 4.39 Å². The summed E-state index contributed by atoms with van der Waals surface area (Å²) in [6.07, 6.45) is 0.915. The predicted octanol–water partition coefficient (Wildman–Crippen LogP) is 3.54. The van der Waals surface area contributed by atoms with Crippen LogP contribution in [-0.2, 0) is 21.4 Å². The number of carbonyl (C=O) groups is 1. The van der Waals surface area contributed by atoms with E-state index in [-0.39, 0.29) is 29.8 Å². The number of nitrogens with zero attached hydrogens (tertiary/aromatic N) is 2. The molecule has 1 aliphatic rings. The number of hydrogen-bond donors (Lipinski definition) is 0. The van der Waals surface area contributed by atoms with Crippen molar-refractivity contribution in [3.8, 4) is 0 Å². The molecular weight excluding hydrogens is 403 g/mol. The van der Waals surface area contributed by atoms with Gasteiger partial charge in [0, 0.05) is 37.6 Å². The van der Waals surface area contributed by atoms with Crippen molar-refractivity contribution in [2.24, 2.45) is 5.92 Å². The lowest BCUT2D eigenvalue weighted by atomic mass is 9.96. The molecule has 1 heterocycles. The van der Waals surface area contributed by atoms with Crippen LogP contribution in [0, 0.1) is 11.7 Å². The maximum absolute atomic E-state index is 13.1. The molecule has 0 aliphatic carbocycles. The Balaban J connectivity index is 1.59. The molecule has 0 aromatic heterocycles. The lowest BCUT2D eigenvalue weighted by molar-refractivity contribution is -0.135. The van der Waals surface area contributed by atoms with Crippen LogP contribution in [0.15, 0.2) is 53.4 Å². The first-order chi connectivity index (χ1) is 13.3. The molecule has 0 atom stereocenters. The summed E-state index contributed by atoms with van der Waals surface area (Å²) in [5, 5.41) is 0.623. The standard InChI is InChI=1S/C20H22ClFN2O3S/c1-23(14-15-3-2-4-17(21)13-15)20(25)16-9-11-24(12-10-16)28(26,27)19-7-5-18(22)6-8-19/h2-8,13,16H,9-12,14H2,1H3. The van der Waals surface area contributed by atoms with Crippen LogP contribution in [0.5, 0.6) is 0 Å². The monoisotopic (exact) mass is 424 g/mol. The van der Waals surface area contributed by atoms with E-state index in [4.69, 9.17) is 11.6 Å². The normalized spacial score (nSPS) is 16.1. The number of carbonyl (C=O) groups excluding carboxylic acids is 1. The minimum absolute atomic E-state index is 0.00111. The Morgan fingerprint density at radius 1 is 1.18 bits per heavy atom. The molecule has 150 valence electrons. The number of halogens is 2. The highest BCUT2D eigenvalue weighted by molar-refractivity contribution is 7.89. The Labute approximate surface area is 169 Å². The molecule has 1 amide bonds. The van der Waals surface area contributed by atoms with Gasteiger partial charge in [0.2, 0.25) is 15.9 Å². The van der Waals surface area contributed by atoms with E-state index in [9.17, 15) is 17.6 Å². The summed E-state index contributed by atoms with van der Waals surface area (Å²) in [5.41, 5.74) is 0.944. The van der Waals surface area contributed by atoms with Gasteiger partial charge in [-0.05, 0) is 54.8 Å². The van der Waals surface area contributed by atoms with E-state index >= 15 is 0 Å². The van der Waals surface area contributed by atoms with Crippen molar-refractivity contribution in [2.45, 2.75) is 24.3 Å². The number of piperidine rings is 1. The molecule has 8 heteroatoms. The third-order valence-corrected chi connectivity index (χ3v) is 7.09. The van der Waals surface area contributed by atoms with E-state index in [1.807, 2.05) is 18.2 Å². The quantitative estimate of drug-likeness (QED) is 0.737. The maximum Gasteiger partial charge on any atom is 0.243 e. The van der Waals surface area contributed by atoms with Crippen LogP contribution in [0.25, 0.3) is 0 Å². The zero-order valence-electron chi connectivity index (χ0n) is 15.5. The van der Waals surface area contributed by atoms with Crippen LogP contribution < -0.4 is 0 Å². The zero-order chi connectivity index (χ0) is 20.3. The minimum atomic E-state index is -3.67. The van der Waals surface area contributed by atoms with Gasteiger partial charge < -0.3 is 4.90 Å². The molecule has 2 aromatic rings. The van der Waals surface area contributed by atoms with E-state index < -0.39 is 15.8 Å². The first-order valence-electron chi connectivity index (χ1n) is 9.02. The molecular formula is C20H22ClFN2O3S. The number of sulfonamides is 1. The van der Waals surface area contributed by atoms with Crippen molar-refractivity contribution in [1.82, 2.24) is 9.21 Å². The van der Waals surface area contributed by atoms with Crippen molar-refractivity contribution < 1.29 is 17.6 Å². The molecule has 3 rings (SSSR count). The van der Waals surface area contributed by atoms with Crippen molar-refractivity contribution in [3.63, 3.8) is 0 Å². The summed E-state index contributed by atoms with van der Waals surface area (Å²) in [4.78, 5) is 14.5. The molecule has 1 fully saturated rings. The van der Waals surface area contributed by atoms with E-state index in [2.05, 4.69) is 0 Å². The second kappa shape index (κ2) is 8.59. The van der Waals surface area contributed by atoms with Gasteiger partial charge in [0.05, 0.1) is 4.90 Å². The molecule has 0 spiro atoms. The Morgan fingerprint density at radius 3 is 2.43 bits per heavy atom. The van der Waals surface area contributed by atoms with Crippen molar-refractivity contribution in [1.29, 1.82) is 0 Å². The SMILES string of the molecule is CN(Cc1cccc(Cl)c1)C(=O)C1CCN(S(=O)(=O)c2ccc(F)cc2)CC1. The van der Waals surface area contributed by atoms with Crippen LogP contribution in [0.3, 0.4) is 0 Å². The molecule has 1 aliphatic heterocycles. The maximum atomic E-state index is 13.1. The van der Waals surface area contributed by atoms with E-state index in [0.717, 1.165) is 17.7 Å². The number of hydrogen-bond acceptors (Lipinski definition) is 3. The van der Waals surface area contributed by atoms with Crippen molar-refractivity contribution >= 4 is 27.5 Å². The third-order valence-electron chi connectivity index (χ3n) is 4.94. The van der Waals surface area contributed by atoms with Gasteiger partial charge in [0.1, 0.15) is 5.82 Å². The van der Waals surface area contributed by atoms with Crippen molar-refractivity contribution in [2.75, 3.05) is 20.1 Å². The smallest absolute Gasteiger partial charge is 0.243 e. The highest BCUT2D eigenvalue weighted by atomic mass is 35.5. The lowest BCUT2D eigenvalue weighted by Gasteiger charge is -2.32. The van der Waals surface area contributed by atoms with Gasteiger partial charge in [-0.25, -0.2) is 12.8 Å². The average molecular weight is 425 g/mol. The summed E-state index contributed by atoms with van der Waals surface area (Å²) >= 11 is 5.99. The first-order valence-corrected chi connectivity index (χ1v) is 10.8. The van der Waals surface area contributed by atoms with Gasteiger partial charge in [0.25, 0.3) is 0 Å². The Morgan fingerprint density at radius 2 is 1.82 bits per heavy atom. The molecule has 1 saturated heterocycles. The molecule has 0 saturated carbocycles. The summed E-state index contributed by atoms with van der Waals surface area (Å²) in [7, 11) is -1.93. The second-order valence-electron chi connectivity index (χ2n) is 6.96. The number of amides is 1. The molecule has 0 bridgehead atoms. The summed E-state index contributed by atoms with van der Waals surface area (Å²) in [6.45, 7) is 0.982. The first kappa shape index (κ1) is 20.8. The summed E-state index contributed by atoms with van der Waals surface area (Å²) < 4.78 is 39.8. The second-order valence-corrected chi connectivity index (χ2v) is 9.33. The van der Waals surface area contributed by atoms with Gasteiger partial charge in [-0.1, -0.05) is 23.7 Å². The molecule has 0 radical (unpaired) electrons. The highest BCUT2D eigenvalue weighted by Gasteiger charge is 2.33. The Bertz CT molecular complexity index is 942. The number of benzene rings is 2.